The second-order valence-electron chi connectivity index (χ2n) is 6.84. The Morgan fingerprint density at radius 2 is 1.90 bits per heavy atom. The minimum atomic E-state index is -0.0703. The summed E-state index contributed by atoms with van der Waals surface area (Å²) in [5.41, 5.74) is 4.82. The van der Waals surface area contributed by atoms with Gasteiger partial charge in [0.25, 0.3) is 5.91 Å². The van der Waals surface area contributed by atoms with Gasteiger partial charge in [-0.25, -0.2) is 4.98 Å². The van der Waals surface area contributed by atoms with Crippen LogP contribution in [0.3, 0.4) is 0 Å². The van der Waals surface area contributed by atoms with E-state index in [1.54, 1.807) is 34.2 Å². The SMILES string of the molecule is CSc1cccc(C(=O)N(Cc2ccccn2)c2nc3cc(C)c(C)cc3s2)c1. The molecule has 0 unspecified atom stereocenters. The number of carbonyl (C=O) groups excluding carboxylic acids is 1. The first-order valence-electron chi connectivity index (χ1n) is 9.29. The second kappa shape index (κ2) is 8.35. The molecule has 4 nitrogen and oxygen atoms in total. The van der Waals surface area contributed by atoms with Crippen LogP contribution < -0.4 is 4.90 Å². The molecule has 0 atom stereocenters. The number of nitrogens with zero attached hydrogens (tertiary/aromatic N) is 3. The molecule has 0 aliphatic carbocycles. The number of fused-ring (bicyclic) bond motifs is 1. The molecule has 29 heavy (non-hydrogen) atoms. The Balaban J connectivity index is 1.78. The van der Waals surface area contributed by atoms with Gasteiger partial charge in [-0.15, -0.1) is 11.8 Å². The van der Waals surface area contributed by atoms with Gasteiger partial charge in [0.15, 0.2) is 5.13 Å². The fourth-order valence-electron chi connectivity index (χ4n) is 3.08. The molecule has 4 rings (SSSR count). The Morgan fingerprint density at radius 3 is 2.66 bits per heavy atom. The molecule has 1 amide bonds. The van der Waals surface area contributed by atoms with Gasteiger partial charge in [0.05, 0.1) is 22.5 Å². The summed E-state index contributed by atoms with van der Waals surface area (Å²) in [5.74, 6) is -0.0703. The van der Waals surface area contributed by atoms with Crippen molar-refractivity contribution < 1.29 is 4.79 Å². The minimum Gasteiger partial charge on any atom is -0.278 e. The largest absolute Gasteiger partial charge is 0.278 e. The fraction of sp³-hybridized carbons (Fsp3) is 0.174. The molecule has 4 aromatic rings. The minimum absolute atomic E-state index is 0.0703. The van der Waals surface area contributed by atoms with Crippen LogP contribution in [0.5, 0.6) is 0 Å². The molecule has 0 fully saturated rings. The van der Waals surface area contributed by atoms with Crippen molar-refractivity contribution in [3.05, 3.63) is 83.2 Å². The lowest BCUT2D eigenvalue weighted by Crippen LogP contribution is -2.30. The topological polar surface area (TPSA) is 46.1 Å². The van der Waals surface area contributed by atoms with Gasteiger partial charge in [-0.3, -0.25) is 14.7 Å². The average Bonchev–Trinajstić information content (AvgIpc) is 3.15. The third-order valence-corrected chi connectivity index (χ3v) is 6.60. The molecular weight excluding hydrogens is 398 g/mol. The molecule has 2 aromatic heterocycles. The Hall–Kier alpha value is -2.70. The van der Waals surface area contributed by atoms with Crippen LogP contribution in [0.25, 0.3) is 10.2 Å². The molecule has 146 valence electrons. The van der Waals surface area contributed by atoms with Crippen LogP contribution in [-0.4, -0.2) is 22.1 Å². The molecule has 0 radical (unpaired) electrons. The van der Waals surface area contributed by atoms with Crippen LogP contribution in [0.15, 0.2) is 65.7 Å². The van der Waals surface area contributed by atoms with Crippen LogP contribution in [0.4, 0.5) is 5.13 Å². The molecule has 0 aliphatic rings. The number of pyridine rings is 1. The van der Waals surface area contributed by atoms with Crippen molar-refractivity contribution in [3.63, 3.8) is 0 Å². The van der Waals surface area contributed by atoms with Crippen LogP contribution in [0, 0.1) is 13.8 Å². The van der Waals surface area contributed by atoms with Crippen molar-refractivity contribution in [1.29, 1.82) is 0 Å². The van der Waals surface area contributed by atoms with Gasteiger partial charge < -0.3 is 0 Å². The number of amides is 1. The van der Waals surface area contributed by atoms with Gasteiger partial charge in [-0.05, 0) is 73.7 Å². The first kappa shape index (κ1) is 19.6. The highest BCUT2D eigenvalue weighted by molar-refractivity contribution is 7.98. The van der Waals surface area contributed by atoms with Crippen molar-refractivity contribution in [1.82, 2.24) is 9.97 Å². The molecule has 0 saturated carbocycles. The lowest BCUT2D eigenvalue weighted by atomic mass is 10.1. The lowest BCUT2D eigenvalue weighted by Gasteiger charge is -2.20. The van der Waals surface area contributed by atoms with E-state index >= 15 is 0 Å². The van der Waals surface area contributed by atoms with Crippen molar-refractivity contribution in [2.75, 3.05) is 11.2 Å². The van der Waals surface area contributed by atoms with E-state index in [1.807, 2.05) is 48.7 Å². The first-order valence-corrected chi connectivity index (χ1v) is 11.3. The predicted molar refractivity (Wildman–Crippen MR) is 122 cm³/mol. The number of anilines is 1. The van der Waals surface area contributed by atoms with Gasteiger partial charge >= 0.3 is 0 Å². The lowest BCUT2D eigenvalue weighted by molar-refractivity contribution is 0.0984. The number of aryl methyl sites for hydroxylation is 2. The van der Waals surface area contributed by atoms with Gasteiger partial charge in [-0.1, -0.05) is 23.5 Å². The molecule has 0 bridgehead atoms. The zero-order valence-electron chi connectivity index (χ0n) is 16.5. The van der Waals surface area contributed by atoms with Crippen LogP contribution in [-0.2, 0) is 6.54 Å². The van der Waals surface area contributed by atoms with Crippen molar-refractivity contribution in [3.8, 4) is 0 Å². The summed E-state index contributed by atoms with van der Waals surface area (Å²) < 4.78 is 1.08. The summed E-state index contributed by atoms with van der Waals surface area (Å²) in [5, 5.41) is 0.690. The number of hydrogen-bond acceptors (Lipinski definition) is 5. The summed E-state index contributed by atoms with van der Waals surface area (Å²) >= 11 is 3.16. The fourth-order valence-corrected chi connectivity index (χ4v) is 4.58. The number of carbonyl (C=O) groups is 1. The maximum absolute atomic E-state index is 13.5. The van der Waals surface area contributed by atoms with Crippen LogP contribution in [0.2, 0.25) is 0 Å². The summed E-state index contributed by atoms with van der Waals surface area (Å²) in [6.07, 6.45) is 3.75. The number of benzene rings is 2. The summed E-state index contributed by atoms with van der Waals surface area (Å²) in [6, 6.07) is 17.7. The normalized spacial score (nSPS) is 11.0. The Bertz CT molecular complexity index is 1130. The summed E-state index contributed by atoms with van der Waals surface area (Å²) in [6.45, 7) is 4.55. The average molecular weight is 420 g/mol. The van der Waals surface area contributed by atoms with Gasteiger partial charge in [-0.2, -0.15) is 0 Å². The highest BCUT2D eigenvalue weighted by Crippen LogP contribution is 2.32. The first-order chi connectivity index (χ1) is 14.0. The molecule has 2 aromatic carbocycles. The van der Waals surface area contributed by atoms with Crippen LogP contribution >= 0.6 is 23.1 Å². The van der Waals surface area contributed by atoms with Gasteiger partial charge in [0.2, 0.25) is 0 Å². The van der Waals surface area contributed by atoms with E-state index in [0.717, 1.165) is 20.8 Å². The zero-order valence-corrected chi connectivity index (χ0v) is 18.2. The number of rotatable bonds is 5. The van der Waals surface area contributed by atoms with E-state index in [0.29, 0.717) is 17.2 Å². The van der Waals surface area contributed by atoms with Crippen molar-refractivity contribution >= 4 is 44.4 Å². The van der Waals surface area contributed by atoms with Crippen molar-refractivity contribution in [2.45, 2.75) is 25.3 Å². The standard InChI is InChI=1S/C23H21N3OS2/c1-15-11-20-21(12-16(15)2)29-23(25-20)26(14-18-8-4-5-10-24-18)22(27)17-7-6-9-19(13-17)28-3/h4-13H,14H2,1-3H3. The molecule has 0 aliphatic heterocycles. The summed E-state index contributed by atoms with van der Waals surface area (Å²) in [7, 11) is 0. The number of thiazole rings is 1. The number of thioether (sulfide) groups is 1. The quantitative estimate of drug-likeness (QED) is 0.379. The maximum atomic E-state index is 13.5. The Morgan fingerprint density at radius 1 is 1.07 bits per heavy atom. The van der Waals surface area contributed by atoms with E-state index in [1.165, 1.54) is 11.1 Å². The van der Waals surface area contributed by atoms with Gasteiger partial charge in [0.1, 0.15) is 0 Å². The smallest absolute Gasteiger partial charge is 0.260 e. The highest BCUT2D eigenvalue weighted by atomic mass is 32.2. The van der Waals surface area contributed by atoms with E-state index in [4.69, 9.17) is 4.98 Å². The third-order valence-electron chi connectivity index (χ3n) is 4.83. The maximum Gasteiger partial charge on any atom is 0.260 e. The molecule has 6 heteroatoms. The Kier molecular flexibility index (Phi) is 5.65. The molecular formula is C23H21N3OS2. The van der Waals surface area contributed by atoms with E-state index in [9.17, 15) is 4.79 Å². The molecule has 0 saturated heterocycles. The van der Waals surface area contributed by atoms with Gasteiger partial charge in [0, 0.05) is 16.7 Å². The van der Waals surface area contributed by atoms with Crippen LogP contribution in [0.1, 0.15) is 27.2 Å². The molecule has 2 heterocycles. The second-order valence-corrected chi connectivity index (χ2v) is 8.73. The zero-order chi connectivity index (χ0) is 20.4. The third kappa shape index (κ3) is 4.18. The van der Waals surface area contributed by atoms with E-state index in [-0.39, 0.29) is 5.91 Å². The Labute approximate surface area is 178 Å². The number of hydrogen-bond donors (Lipinski definition) is 0. The van der Waals surface area contributed by atoms with E-state index in [2.05, 4.69) is 31.0 Å². The monoisotopic (exact) mass is 419 g/mol. The molecule has 0 N–H and O–H groups in total. The van der Waals surface area contributed by atoms with E-state index < -0.39 is 0 Å². The molecule has 0 spiro atoms. The highest BCUT2D eigenvalue weighted by Gasteiger charge is 2.22. The van der Waals surface area contributed by atoms with Crippen molar-refractivity contribution in [2.24, 2.45) is 0 Å². The summed E-state index contributed by atoms with van der Waals surface area (Å²) in [4.78, 5) is 25.5. The predicted octanol–water partition coefficient (Wildman–Crippen LogP) is 5.88. The number of aromatic nitrogens is 2.